The van der Waals surface area contributed by atoms with E-state index in [0.29, 0.717) is 30.5 Å². The van der Waals surface area contributed by atoms with Gasteiger partial charge in [0.25, 0.3) is 0 Å². The van der Waals surface area contributed by atoms with E-state index in [1.54, 1.807) is 30.5 Å². The molecular weight excluding hydrogens is 352 g/mol. The van der Waals surface area contributed by atoms with Crippen LogP contribution in [0.2, 0.25) is 0 Å². The molecule has 2 aromatic rings. The number of ether oxygens (including phenoxy) is 2. The fourth-order valence-electron chi connectivity index (χ4n) is 3.25. The summed E-state index contributed by atoms with van der Waals surface area (Å²) in [5, 5.41) is 0. The predicted octanol–water partition coefficient (Wildman–Crippen LogP) is 2.39. The van der Waals surface area contributed by atoms with Crippen molar-refractivity contribution in [3.8, 4) is 5.88 Å². The number of rotatable bonds is 4. The van der Waals surface area contributed by atoms with Crippen LogP contribution in [0.5, 0.6) is 5.88 Å². The van der Waals surface area contributed by atoms with Crippen molar-refractivity contribution in [1.29, 1.82) is 0 Å². The highest BCUT2D eigenvalue weighted by atomic mass is 32.2. The van der Waals surface area contributed by atoms with E-state index in [1.165, 1.54) is 6.26 Å². The largest absolute Gasteiger partial charge is 0.474 e. The van der Waals surface area contributed by atoms with Gasteiger partial charge in [0.1, 0.15) is 6.10 Å². The first-order valence-electron chi connectivity index (χ1n) is 8.60. The van der Waals surface area contributed by atoms with Crippen molar-refractivity contribution >= 4 is 15.5 Å². The van der Waals surface area contributed by atoms with Crippen LogP contribution in [0.3, 0.4) is 0 Å². The molecule has 1 fully saturated rings. The summed E-state index contributed by atoms with van der Waals surface area (Å²) in [5.74, 6) is 0.595. The van der Waals surface area contributed by atoms with Crippen molar-refractivity contribution in [1.82, 2.24) is 4.98 Å². The first kappa shape index (κ1) is 17.2. The standard InChI is InChI=1S/C19H20N2O4S/c1-26(22,23)16-4-2-13(3-5-16)18-17-14(12-21-18)6-9-20-19(17)25-15-7-10-24-11-8-15/h2-6,9,15H,7-8,10-12H2,1H3. The maximum Gasteiger partial charge on any atom is 0.223 e. The third kappa shape index (κ3) is 3.37. The maximum absolute atomic E-state index is 11.7. The quantitative estimate of drug-likeness (QED) is 0.823. The highest BCUT2D eigenvalue weighted by Gasteiger charge is 2.26. The zero-order chi connectivity index (χ0) is 18.1. The second kappa shape index (κ2) is 6.81. The Hall–Kier alpha value is -2.25. The summed E-state index contributed by atoms with van der Waals surface area (Å²) in [6.45, 7) is 1.98. The lowest BCUT2D eigenvalue weighted by molar-refractivity contribution is 0.0236. The van der Waals surface area contributed by atoms with E-state index in [4.69, 9.17) is 9.47 Å². The molecule has 1 aromatic heterocycles. The Kier molecular flexibility index (Phi) is 4.50. The van der Waals surface area contributed by atoms with Crippen LogP contribution in [0.15, 0.2) is 46.4 Å². The molecule has 0 unspecified atom stereocenters. The smallest absolute Gasteiger partial charge is 0.223 e. The van der Waals surface area contributed by atoms with E-state index in [-0.39, 0.29) is 6.10 Å². The molecule has 1 aromatic carbocycles. The van der Waals surface area contributed by atoms with Crippen molar-refractivity contribution < 1.29 is 17.9 Å². The summed E-state index contributed by atoms with van der Waals surface area (Å²) < 4.78 is 34.9. The Labute approximate surface area is 152 Å². The molecule has 6 nitrogen and oxygen atoms in total. The topological polar surface area (TPSA) is 77.9 Å². The van der Waals surface area contributed by atoms with Crippen LogP contribution in [0.4, 0.5) is 0 Å². The number of aromatic nitrogens is 1. The van der Waals surface area contributed by atoms with Crippen LogP contribution in [0.1, 0.15) is 29.5 Å². The van der Waals surface area contributed by atoms with Crippen LogP contribution in [-0.4, -0.2) is 44.7 Å². The highest BCUT2D eigenvalue weighted by molar-refractivity contribution is 7.90. The van der Waals surface area contributed by atoms with Gasteiger partial charge in [-0.25, -0.2) is 13.4 Å². The molecule has 0 N–H and O–H groups in total. The van der Waals surface area contributed by atoms with Gasteiger partial charge in [0.15, 0.2) is 9.84 Å². The van der Waals surface area contributed by atoms with Gasteiger partial charge in [0, 0.05) is 30.9 Å². The van der Waals surface area contributed by atoms with Gasteiger partial charge in [-0.2, -0.15) is 0 Å². The Morgan fingerprint density at radius 1 is 1.12 bits per heavy atom. The number of nitrogens with zero attached hydrogens (tertiary/aromatic N) is 2. The number of aliphatic imine (C=N–C) groups is 1. The molecule has 7 heteroatoms. The normalized spacial score (nSPS) is 17.7. The van der Waals surface area contributed by atoms with Crippen molar-refractivity contribution in [3.05, 3.63) is 53.2 Å². The second-order valence-electron chi connectivity index (χ2n) is 6.54. The molecule has 0 atom stereocenters. The van der Waals surface area contributed by atoms with Crippen LogP contribution >= 0.6 is 0 Å². The molecule has 4 rings (SSSR count). The lowest BCUT2D eigenvalue weighted by Crippen LogP contribution is -2.27. The number of sulfone groups is 1. The number of hydrogen-bond acceptors (Lipinski definition) is 6. The second-order valence-corrected chi connectivity index (χ2v) is 8.56. The van der Waals surface area contributed by atoms with E-state index >= 15 is 0 Å². The van der Waals surface area contributed by atoms with Crippen LogP contribution in [0, 0.1) is 0 Å². The molecular formula is C19H20N2O4S. The summed E-state index contributed by atoms with van der Waals surface area (Å²) in [5.41, 5.74) is 3.64. The highest BCUT2D eigenvalue weighted by Crippen LogP contribution is 2.31. The van der Waals surface area contributed by atoms with Gasteiger partial charge in [0.2, 0.25) is 5.88 Å². The molecule has 2 aliphatic rings. The Balaban J connectivity index is 1.66. The van der Waals surface area contributed by atoms with Crippen molar-refractivity contribution in [2.75, 3.05) is 19.5 Å². The van der Waals surface area contributed by atoms with Crippen LogP contribution in [0.25, 0.3) is 0 Å². The molecule has 0 aliphatic carbocycles. The molecule has 26 heavy (non-hydrogen) atoms. The van der Waals surface area contributed by atoms with Crippen molar-refractivity contribution in [2.24, 2.45) is 4.99 Å². The zero-order valence-electron chi connectivity index (χ0n) is 14.5. The fraction of sp³-hybridized carbons (Fsp3) is 0.368. The van der Waals surface area contributed by atoms with Gasteiger partial charge in [-0.1, -0.05) is 12.1 Å². The van der Waals surface area contributed by atoms with E-state index in [0.717, 1.165) is 35.2 Å². The fourth-order valence-corrected chi connectivity index (χ4v) is 3.88. The molecule has 0 radical (unpaired) electrons. The van der Waals surface area contributed by atoms with Crippen LogP contribution in [-0.2, 0) is 21.1 Å². The molecule has 2 aliphatic heterocycles. The van der Waals surface area contributed by atoms with E-state index in [9.17, 15) is 8.42 Å². The van der Waals surface area contributed by atoms with Gasteiger partial charge >= 0.3 is 0 Å². The van der Waals surface area contributed by atoms with Crippen LogP contribution < -0.4 is 4.74 Å². The number of benzene rings is 1. The van der Waals surface area contributed by atoms with Gasteiger partial charge in [-0.3, -0.25) is 4.99 Å². The number of pyridine rings is 1. The van der Waals surface area contributed by atoms with E-state index in [1.807, 2.05) is 6.07 Å². The molecule has 0 amide bonds. The third-order valence-corrected chi connectivity index (χ3v) is 5.78. The van der Waals surface area contributed by atoms with Crippen molar-refractivity contribution in [2.45, 2.75) is 30.4 Å². The molecule has 0 saturated carbocycles. The monoisotopic (exact) mass is 372 g/mol. The first-order chi connectivity index (χ1) is 12.5. The molecule has 1 saturated heterocycles. The summed E-state index contributed by atoms with van der Waals surface area (Å²) in [6, 6.07) is 8.75. The molecule has 3 heterocycles. The van der Waals surface area contributed by atoms with E-state index in [2.05, 4.69) is 9.98 Å². The predicted molar refractivity (Wildman–Crippen MR) is 97.6 cm³/mol. The Morgan fingerprint density at radius 3 is 2.54 bits per heavy atom. The molecule has 0 bridgehead atoms. The maximum atomic E-state index is 11.7. The third-order valence-electron chi connectivity index (χ3n) is 4.65. The lowest BCUT2D eigenvalue weighted by Gasteiger charge is -2.24. The van der Waals surface area contributed by atoms with Crippen molar-refractivity contribution in [3.63, 3.8) is 0 Å². The Morgan fingerprint density at radius 2 is 1.85 bits per heavy atom. The number of fused-ring (bicyclic) bond motifs is 1. The van der Waals surface area contributed by atoms with E-state index < -0.39 is 9.84 Å². The average molecular weight is 372 g/mol. The minimum absolute atomic E-state index is 0.0946. The molecule has 0 spiro atoms. The zero-order valence-corrected chi connectivity index (χ0v) is 15.3. The summed E-state index contributed by atoms with van der Waals surface area (Å²) >= 11 is 0. The minimum atomic E-state index is -3.22. The van der Waals surface area contributed by atoms with Gasteiger partial charge in [0.05, 0.1) is 35.9 Å². The Bertz CT molecular complexity index is 946. The summed E-state index contributed by atoms with van der Waals surface area (Å²) in [4.78, 5) is 9.38. The summed E-state index contributed by atoms with van der Waals surface area (Å²) in [7, 11) is -3.22. The SMILES string of the molecule is CS(=O)(=O)c1ccc(C2=NCc3ccnc(OC4CCOCC4)c32)cc1. The number of hydrogen-bond donors (Lipinski definition) is 0. The van der Waals surface area contributed by atoms with Gasteiger partial charge in [-0.15, -0.1) is 0 Å². The first-order valence-corrected chi connectivity index (χ1v) is 10.5. The lowest BCUT2D eigenvalue weighted by atomic mass is 10.0. The minimum Gasteiger partial charge on any atom is -0.474 e. The summed E-state index contributed by atoms with van der Waals surface area (Å²) in [6.07, 6.45) is 4.74. The average Bonchev–Trinajstić information content (AvgIpc) is 3.07. The molecule has 136 valence electrons. The van der Waals surface area contributed by atoms with Gasteiger partial charge < -0.3 is 9.47 Å². The van der Waals surface area contributed by atoms with Gasteiger partial charge in [-0.05, 0) is 23.8 Å².